The molecule has 1 rings (SSSR count). The van der Waals surface area contributed by atoms with Crippen LogP contribution in [-0.2, 0) is 4.79 Å². The fourth-order valence-electron chi connectivity index (χ4n) is 1.71. The minimum atomic E-state index is -0.522. The number of nitro benzene ring substituents is 1. The molecule has 0 aliphatic rings. The summed E-state index contributed by atoms with van der Waals surface area (Å²) in [5.41, 5.74) is 0.0491. The number of benzene rings is 1. The van der Waals surface area contributed by atoms with E-state index in [1.807, 2.05) is 20.8 Å². The number of nitrogens with one attached hydrogen (secondary N) is 2. The quantitative estimate of drug-likeness (QED) is 0.502. The third kappa shape index (κ3) is 5.65. The van der Waals surface area contributed by atoms with Crippen LogP contribution in [0.2, 0.25) is 0 Å². The third-order valence-corrected chi connectivity index (χ3v) is 2.79. The second kappa shape index (κ2) is 7.17. The van der Waals surface area contributed by atoms with Crippen LogP contribution in [0.5, 0.6) is 5.75 Å². The summed E-state index contributed by atoms with van der Waals surface area (Å²) in [4.78, 5) is 22.1. The molecule has 22 heavy (non-hydrogen) atoms. The van der Waals surface area contributed by atoms with Gasteiger partial charge in [0.2, 0.25) is 5.91 Å². The second-order valence-electron chi connectivity index (χ2n) is 5.88. The van der Waals surface area contributed by atoms with E-state index in [0.29, 0.717) is 17.9 Å². The molecule has 1 aromatic carbocycles. The van der Waals surface area contributed by atoms with E-state index in [-0.39, 0.29) is 22.1 Å². The van der Waals surface area contributed by atoms with Crippen LogP contribution in [0.3, 0.4) is 0 Å². The SMILES string of the molecule is COc1ccc([N+](=O)[O-])cc1NC(=S)NC(=O)CC(C)(C)C. The van der Waals surface area contributed by atoms with E-state index < -0.39 is 4.92 Å². The molecule has 0 unspecified atom stereocenters. The molecule has 0 radical (unpaired) electrons. The predicted molar refractivity (Wildman–Crippen MR) is 88.1 cm³/mol. The Hall–Kier alpha value is -2.22. The summed E-state index contributed by atoms with van der Waals surface area (Å²) in [5, 5.41) is 16.2. The number of methoxy groups -OCH3 is 1. The van der Waals surface area contributed by atoms with Crippen molar-refractivity contribution < 1.29 is 14.5 Å². The van der Waals surface area contributed by atoms with Crippen LogP contribution in [0.4, 0.5) is 11.4 Å². The Bertz CT molecular complexity index is 596. The van der Waals surface area contributed by atoms with Crippen molar-refractivity contribution in [2.24, 2.45) is 5.41 Å². The molecule has 2 N–H and O–H groups in total. The molecule has 0 saturated carbocycles. The first-order valence-electron chi connectivity index (χ1n) is 6.55. The fourth-order valence-corrected chi connectivity index (χ4v) is 1.94. The Morgan fingerprint density at radius 1 is 1.41 bits per heavy atom. The molecular formula is C14H19N3O4S. The molecule has 0 heterocycles. The number of nitrogens with zero attached hydrogens (tertiary/aromatic N) is 1. The molecule has 0 spiro atoms. The molecule has 120 valence electrons. The maximum absolute atomic E-state index is 11.8. The summed E-state index contributed by atoms with van der Waals surface area (Å²) in [6, 6.07) is 4.08. The smallest absolute Gasteiger partial charge is 0.271 e. The molecule has 8 heteroatoms. The van der Waals surface area contributed by atoms with Gasteiger partial charge >= 0.3 is 0 Å². The molecule has 0 atom stereocenters. The monoisotopic (exact) mass is 325 g/mol. The van der Waals surface area contributed by atoms with Gasteiger partial charge in [-0.1, -0.05) is 20.8 Å². The Morgan fingerprint density at radius 2 is 2.05 bits per heavy atom. The maximum Gasteiger partial charge on any atom is 0.271 e. The average molecular weight is 325 g/mol. The van der Waals surface area contributed by atoms with E-state index in [0.717, 1.165) is 0 Å². The number of anilines is 1. The maximum atomic E-state index is 11.8. The first-order chi connectivity index (χ1) is 10.1. The van der Waals surface area contributed by atoms with E-state index in [9.17, 15) is 14.9 Å². The zero-order valence-corrected chi connectivity index (χ0v) is 13.7. The van der Waals surface area contributed by atoms with Crippen LogP contribution in [0.15, 0.2) is 18.2 Å². The second-order valence-corrected chi connectivity index (χ2v) is 6.29. The van der Waals surface area contributed by atoms with Gasteiger partial charge in [0, 0.05) is 18.6 Å². The van der Waals surface area contributed by atoms with Crippen molar-refractivity contribution in [2.45, 2.75) is 27.2 Å². The highest BCUT2D eigenvalue weighted by molar-refractivity contribution is 7.80. The Kier molecular flexibility index (Phi) is 5.81. The van der Waals surface area contributed by atoms with Crippen molar-refractivity contribution in [3.8, 4) is 5.75 Å². The van der Waals surface area contributed by atoms with Crippen molar-refractivity contribution in [2.75, 3.05) is 12.4 Å². The summed E-state index contributed by atoms with van der Waals surface area (Å²) >= 11 is 5.05. The van der Waals surface area contributed by atoms with Crippen molar-refractivity contribution in [3.63, 3.8) is 0 Å². The highest BCUT2D eigenvalue weighted by Gasteiger charge is 2.18. The van der Waals surface area contributed by atoms with E-state index >= 15 is 0 Å². The number of rotatable bonds is 4. The lowest BCUT2D eigenvalue weighted by atomic mass is 9.92. The van der Waals surface area contributed by atoms with Crippen molar-refractivity contribution in [1.29, 1.82) is 0 Å². The number of hydrogen-bond donors (Lipinski definition) is 2. The molecule has 0 bridgehead atoms. The third-order valence-electron chi connectivity index (χ3n) is 2.59. The molecular weight excluding hydrogens is 306 g/mol. The van der Waals surface area contributed by atoms with Gasteiger partial charge in [0.25, 0.3) is 5.69 Å². The molecule has 1 amide bonds. The normalized spacial score (nSPS) is 10.7. The number of carbonyl (C=O) groups is 1. The van der Waals surface area contributed by atoms with Gasteiger partial charge in [0.05, 0.1) is 17.7 Å². The van der Waals surface area contributed by atoms with Crippen molar-refractivity contribution in [3.05, 3.63) is 28.3 Å². The lowest BCUT2D eigenvalue weighted by Crippen LogP contribution is -2.36. The largest absolute Gasteiger partial charge is 0.495 e. The topological polar surface area (TPSA) is 93.5 Å². The standard InChI is InChI=1S/C14H19N3O4S/c1-14(2,3)8-12(18)16-13(22)15-10-7-9(17(19)20)5-6-11(10)21-4/h5-7H,8H2,1-4H3,(H2,15,16,18,22). The zero-order chi connectivity index (χ0) is 16.9. The number of thiocarbonyl (C=S) groups is 1. The van der Waals surface area contributed by atoms with E-state index in [1.165, 1.54) is 25.3 Å². The van der Waals surface area contributed by atoms with E-state index in [4.69, 9.17) is 17.0 Å². The van der Waals surface area contributed by atoms with E-state index in [2.05, 4.69) is 10.6 Å². The van der Waals surface area contributed by atoms with Gasteiger partial charge in [-0.25, -0.2) is 0 Å². The first-order valence-corrected chi connectivity index (χ1v) is 6.96. The molecule has 0 aromatic heterocycles. The molecule has 0 saturated heterocycles. The lowest BCUT2D eigenvalue weighted by molar-refractivity contribution is -0.384. The van der Waals surface area contributed by atoms with Crippen LogP contribution >= 0.6 is 12.2 Å². The summed E-state index contributed by atoms with van der Waals surface area (Å²) in [6.07, 6.45) is 0.306. The van der Waals surface area contributed by atoms with Gasteiger partial charge in [-0.15, -0.1) is 0 Å². The number of non-ortho nitro benzene ring substituents is 1. The summed E-state index contributed by atoms with van der Waals surface area (Å²) in [5.74, 6) is 0.160. The molecule has 0 aliphatic heterocycles. The Balaban J connectivity index is 2.81. The molecule has 1 aromatic rings. The van der Waals surface area contributed by atoms with Gasteiger partial charge in [-0.2, -0.15) is 0 Å². The number of hydrogen-bond acceptors (Lipinski definition) is 5. The Labute approximate surface area is 134 Å². The van der Waals surface area contributed by atoms with Crippen LogP contribution in [0.1, 0.15) is 27.2 Å². The van der Waals surface area contributed by atoms with Crippen LogP contribution in [0.25, 0.3) is 0 Å². The van der Waals surface area contributed by atoms with Gasteiger partial charge in [0.1, 0.15) is 5.75 Å². The highest BCUT2D eigenvalue weighted by atomic mass is 32.1. The average Bonchev–Trinajstić information content (AvgIpc) is 2.35. The van der Waals surface area contributed by atoms with Crippen LogP contribution in [-0.4, -0.2) is 23.1 Å². The first kappa shape index (κ1) is 17.8. The minimum Gasteiger partial charge on any atom is -0.495 e. The summed E-state index contributed by atoms with van der Waals surface area (Å²) in [7, 11) is 1.44. The van der Waals surface area contributed by atoms with E-state index in [1.54, 1.807) is 0 Å². The molecule has 0 fully saturated rings. The summed E-state index contributed by atoms with van der Waals surface area (Å²) < 4.78 is 5.11. The number of ether oxygens (including phenoxy) is 1. The molecule has 0 aliphatic carbocycles. The minimum absolute atomic E-state index is 0.0630. The van der Waals surface area contributed by atoms with Crippen LogP contribution in [0, 0.1) is 15.5 Å². The number of amides is 1. The summed E-state index contributed by atoms with van der Waals surface area (Å²) in [6.45, 7) is 5.81. The zero-order valence-electron chi connectivity index (χ0n) is 12.9. The van der Waals surface area contributed by atoms with Crippen LogP contribution < -0.4 is 15.4 Å². The Morgan fingerprint density at radius 3 is 2.55 bits per heavy atom. The van der Waals surface area contributed by atoms with Gasteiger partial charge in [-0.3, -0.25) is 14.9 Å². The van der Waals surface area contributed by atoms with Crippen molar-refractivity contribution in [1.82, 2.24) is 5.32 Å². The van der Waals surface area contributed by atoms with Crippen molar-refractivity contribution >= 4 is 34.6 Å². The number of nitro groups is 1. The molecule has 7 nitrogen and oxygen atoms in total. The van der Waals surface area contributed by atoms with Gasteiger partial charge < -0.3 is 15.4 Å². The lowest BCUT2D eigenvalue weighted by Gasteiger charge is -2.18. The predicted octanol–water partition coefficient (Wildman–Crippen LogP) is 2.85. The number of carbonyl (C=O) groups excluding carboxylic acids is 1. The fraction of sp³-hybridized carbons (Fsp3) is 0.429. The van der Waals surface area contributed by atoms with Gasteiger partial charge in [0.15, 0.2) is 5.11 Å². The highest BCUT2D eigenvalue weighted by Crippen LogP contribution is 2.28. The van der Waals surface area contributed by atoms with Gasteiger partial charge in [-0.05, 0) is 23.7 Å².